The molecule has 1 heterocycles. The van der Waals surface area contributed by atoms with E-state index in [1.807, 2.05) is 6.92 Å². The van der Waals surface area contributed by atoms with Crippen LogP contribution in [0.3, 0.4) is 0 Å². The van der Waals surface area contributed by atoms with E-state index < -0.39 is 17.6 Å². The van der Waals surface area contributed by atoms with Crippen LogP contribution in [0.15, 0.2) is 23.2 Å². The first-order valence-electron chi connectivity index (χ1n) is 10.1. The van der Waals surface area contributed by atoms with Crippen LogP contribution in [-0.4, -0.2) is 67.6 Å². The van der Waals surface area contributed by atoms with E-state index in [1.165, 1.54) is 0 Å². The van der Waals surface area contributed by atoms with Gasteiger partial charge in [-0.25, -0.2) is 9.38 Å². The molecule has 0 saturated carbocycles. The van der Waals surface area contributed by atoms with Crippen molar-refractivity contribution in [1.29, 1.82) is 0 Å². The molecule has 10 heteroatoms. The molecule has 30 heavy (non-hydrogen) atoms. The molecule has 0 aliphatic carbocycles. The Labute approximate surface area is 193 Å². The topological polar surface area (TPSA) is 42.9 Å². The Morgan fingerprint density at radius 2 is 1.80 bits per heavy atom. The first-order valence-corrected chi connectivity index (χ1v) is 10.1. The highest BCUT2D eigenvalue weighted by molar-refractivity contribution is 14.0. The largest absolute Gasteiger partial charge is 0.416 e. The number of likely N-dealkylation sites (N-methyl/N-ethyl adjacent to an activating group) is 1. The van der Waals surface area contributed by atoms with Crippen molar-refractivity contribution in [2.24, 2.45) is 4.99 Å². The van der Waals surface area contributed by atoms with E-state index in [9.17, 15) is 17.6 Å². The minimum absolute atomic E-state index is 0. The van der Waals surface area contributed by atoms with Crippen LogP contribution < -0.4 is 10.6 Å². The van der Waals surface area contributed by atoms with E-state index in [0.29, 0.717) is 25.1 Å². The van der Waals surface area contributed by atoms with E-state index in [1.54, 1.807) is 0 Å². The highest BCUT2D eigenvalue weighted by Gasteiger charge is 2.33. The van der Waals surface area contributed by atoms with Crippen molar-refractivity contribution >= 4 is 29.9 Å². The number of halogens is 5. The quantitative estimate of drug-likeness (QED) is 0.238. The molecule has 1 saturated heterocycles. The summed E-state index contributed by atoms with van der Waals surface area (Å²) < 4.78 is 52.7. The zero-order valence-electron chi connectivity index (χ0n) is 17.7. The smallest absolute Gasteiger partial charge is 0.357 e. The van der Waals surface area contributed by atoms with Gasteiger partial charge in [0.2, 0.25) is 0 Å². The summed E-state index contributed by atoms with van der Waals surface area (Å²) in [7, 11) is 0. The van der Waals surface area contributed by atoms with Crippen LogP contribution in [-0.2, 0) is 12.7 Å². The highest BCUT2D eigenvalue weighted by Crippen LogP contribution is 2.32. The standard InChI is InChI=1S/C20H31F4N5.HI/c1-4-25-19(26-13-15(3)29-10-8-28(5-2)9-11-29)27-14-16-6-7-17(21)12-18(16)20(22,23)24;/h6-7,12,15H,4-5,8-11,13-14H2,1-3H3,(H2,25,26,27);1H. The molecule has 0 radical (unpaired) electrons. The number of nitrogens with one attached hydrogen (secondary N) is 2. The molecule has 2 rings (SSSR count). The van der Waals surface area contributed by atoms with Gasteiger partial charge in [-0.15, -0.1) is 24.0 Å². The number of piperazine rings is 1. The van der Waals surface area contributed by atoms with Gasteiger partial charge in [0, 0.05) is 45.3 Å². The molecule has 0 spiro atoms. The summed E-state index contributed by atoms with van der Waals surface area (Å²) in [6.07, 6.45) is -4.62. The zero-order valence-corrected chi connectivity index (χ0v) is 20.1. The predicted octanol–water partition coefficient (Wildman–Crippen LogP) is 3.54. The summed E-state index contributed by atoms with van der Waals surface area (Å²) in [4.78, 5) is 9.07. The molecule has 5 nitrogen and oxygen atoms in total. The number of aliphatic imine (C=N–C) groups is 1. The van der Waals surface area contributed by atoms with Crippen molar-refractivity contribution in [3.8, 4) is 0 Å². The van der Waals surface area contributed by atoms with Crippen molar-refractivity contribution in [3.05, 3.63) is 35.1 Å². The van der Waals surface area contributed by atoms with Crippen LogP contribution in [0.25, 0.3) is 0 Å². The Bertz CT molecular complexity index is 676. The second-order valence-corrected chi connectivity index (χ2v) is 7.19. The number of guanidine groups is 1. The molecular weight excluding hydrogens is 513 g/mol. The molecule has 1 atom stereocenters. The maximum Gasteiger partial charge on any atom is 0.416 e. The molecule has 0 amide bonds. The second-order valence-electron chi connectivity index (χ2n) is 7.19. The average molecular weight is 545 g/mol. The Balaban J connectivity index is 0.00000450. The Kier molecular flexibility index (Phi) is 11.3. The van der Waals surface area contributed by atoms with Crippen molar-refractivity contribution in [3.63, 3.8) is 0 Å². The normalized spacial score (nSPS) is 17.4. The van der Waals surface area contributed by atoms with Crippen molar-refractivity contribution < 1.29 is 17.6 Å². The summed E-state index contributed by atoms with van der Waals surface area (Å²) in [6, 6.07) is 2.96. The van der Waals surface area contributed by atoms with E-state index >= 15 is 0 Å². The number of hydrogen-bond donors (Lipinski definition) is 2. The summed E-state index contributed by atoms with van der Waals surface area (Å²) in [5.74, 6) is -0.462. The summed E-state index contributed by atoms with van der Waals surface area (Å²) >= 11 is 0. The first kappa shape index (κ1) is 26.9. The third-order valence-electron chi connectivity index (χ3n) is 5.17. The van der Waals surface area contributed by atoms with Gasteiger partial charge in [-0.3, -0.25) is 4.90 Å². The second kappa shape index (κ2) is 12.7. The van der Waals surface area contributed by atoms with E-state index in [0.717, 1.165) is 44.9 Å². The fraction of sp³-hybridized carbons (Fsp3) is 0.650. The predicted molar refractivity (Wildman–Crippen MR) is 123 cm³/mol. The lowest BCUT2D eigenvalue weighted by molar-refractivity contribution is -0.138. The maximum atomic E-state index is 13.3. The maximum absolute atomic E-state index is 13.3. The van der Waals surface area contributed by atoms with E-state index in [2.05, 4.69) is 39.3 Å². The lowest BCUT2D eigenvalue weighted by Gasteiger charge is -2.37. The van der Waals surface area contributed by atoms with Crippen LogP contribution in [0.4, 0.5) is 17.6 Å². The number of rotatable bonds is 7. The fourth-order valence-corrected chi connectivity index (χ4v) is 3.35. The van der Waals surface area contributed by atoms with E-state index in [-0.39, 0.29) is 42.1 Å². The highest BCUT2D eigenvalue weighted by atomic mass is 127. The third kappa shape index (κ3) is 8.18. The molecule has 0 aromatic heterocycles. The molecule has 1 aliphatic heterocycles. The van der Waals surface area contributed by atoms with Crippen molar-refractivity contribution in [2.75, 3.05) is 45.8 Å². The van der Waals surface area contributed by atoms with Gasteiger partial charge >= 0.3 is 6.18 Å². The van der Waals surface area contributed by atoms with Gasteiger partial charge < -0.3 is 15.5 Å². The minimum Gasteiger partial charge on any atom is -0.357 e. The lowest BCUT2D eigenvalue weighted by atomic mass is 10.1. The average Bonchev–Trinajstić information content (AvgIpc) is 2.69. The first-order chi connectivity index (χ1) is 13.7. The van der Waals surface area contributed by atoms with Gasteiger partial charge in [-0.05, 0) is 38.1 Å². The Hall–Kier alpha value is -1.14. The van der Waals surface area contributed by atoms with Gasteiger partial charge in [-0.1, -0.05) is 13.0 Å². The number of alkyl halides is 3. The van der Waals surface area contributed by atoms with Crippen LogP contribution >= 0.6 is 24.0 Å². The van der Waals surface area contributed by atoms with E-state index in [4.69, 9.17) is 0 Å². The minimum atomic E-state index is -4.62. The molecule has 172 valence electrons. The van der Waals surface area contributed by atoms with Gasteiger partial charge in [0.1, 0.15) is 5.82 Å². The van der Waals surface area contributed by atoms with Crippen molar-refractivity contribution in [1.82, 2.24) is 20.4 Å². The number of nitrogens with zero attached hydrogens (tertiary/aromatic N) is 3. The molecule has 2 N–H and O–H groups in total. The summed E-state index contributed by atoms with van der Waals surface area (Å²) in [6.45, 7) is 12.3. The zero-order chi connectivity index (χ0) is 21.4. The van der Waals surface area contributed by atoms with Crippen LogP contribution in [0.1, 0.15) is 31.9 Å². The molecule has 1 fully saturated rings. The van der Waals surface area contributed by atoms with Gasteiger partial charge in [0.15, 0.2) is 5.96 Å². The van der Waals surface area contributed by atoms with Crippen molar-refractivity contribution in [2.45, 2.75) is 39.5 Å². The van der Waals surface area contributed by atoms with Gasteiger partial charge in [-0.2, -0.15) is 13.2 Å². The molecule has 1 aromatic carbocycles. The molecule has 1 unspecified atom stereocenters. The SMILES string of the molecule is CCNC(=NCc1ccc(F)cc1C(F)(F)F)NCC(C)N1CCN(CC)CC1.I. The third-order valence-corrected chi connectivity index (χ3v) is 5.17. The molecular formula is C20H32F4IN5. The van der Waals surface area contributed by atoms with Crippen LogP contribution in [0.5, 0.6) is 0 Å². The lowest BCUT2D eigenvalue weighted by Crippen LogP contribution is -2.53. The number of hydrogen-bond acceptors (Lipinski definition) is 3. The van der Waals surface area contributed by atoms with Gasteiger partial charge in [0.25, 0.3) is 0 Å². The Morgan fingerprint density at radius 3 is 2.37 bits per heavy atom. The molecule has 1 aromatic rings. The fourth-order valence-electron chi connectivity index (χ4n) is 3.35. The summed E-state index contributed by atoms with van der Waals surface area (Å²) in [5, 5.41) is 6.26. The monoisotopic (exact) mass is 545 g/mol. The summed E-state index contributed by atoms with van der Waals surface area (Å²) in [5.41, 5.74) is -1.04. The molecule has 0 bridgehead atoms. The van der Waals surface area contributed by atoms with Crippen LogP contribution in [0, 0.1) is 5.82 Å². The van der Waals surface area contributed by atoms with Crippen LogP contribution in [0.2, 0.25) is 0 Å². The molecule has 1 aliphatic rings. The Morgan fingerprint density at radius 1 is 1.13 bits per heavy atom. The van der Waals surface area contributed by atoms with Gasteiger partial charge in [0.05, 0.1) is 12.1 Å². The number of benzene rings is 1.